The van der Waals surface area contributed by atoms with Crippen LogP contribution in [0.1, 0.15) is 36.8 Å². The fourth-order valence-corrected chi connectivity index (χ4v) is 3.46. The summed E-state index contributed by atoms with van der Waals surface area (Å²) in [7, 11) is 1.72. The first kappa shape index (κ1) is 12.9. The van der Waals surface area contributed by atoms with Crippen LogP contribution in [0, 0.1) is 0 Å². The van der Waals surface area contributed by atoms with Crippen LogP contribution in [-0.2, 0) is 13.0 Å². The fourth-order valence-electron chi connectivity index (χ4n) is 3.46. The number of methoxy groups -OCH3 is 1. The van der Waals surface area contributed by atoms with Gasteiger partial charge in [0, 0.05) is 19.1 Å². The van der Waals surface area contributed by atoms with Crippen LogP contribution in [0.25, 0.3) is 0 Å². The molecule has 0 saturated heterocycles. The third-order valence-electron chi connectivity index (χ3n) is 4.59. The van der Waals surface area contributed by atoms with Crippen molar-refractivity contribution in [1.29, 1.82) is 0 Å². The summed E-state index contributed by atoms with van der Waals surface area (Å²) in [5, 5.41) is 9.83. The van der Waals surface area contributed by atoms with Crippen molar-refractivity contribution >= 4 is 0 Å². The summed E-state index contributed by atoms with van der Waals surface area (Å²) >= 11 is 0. The molecule has 3 rings (SSSR count). The van der Waals surface area contributed by atoms with E-state index in [0.29, 0.717) is 6.04 Å². The lowest BCUT2D eigenvalue weighted by Crippen LogP contribution is -2.42. The predicted octanol–water partition coefficient (Wildman–Crippen LogP) is 2.36. The summed E-state index contributed by atoms with van der Waals surface area (Å²) in [5.74, 6) is 0.959. The van der Waals surface area contributed by atoms with E-state index in [0.717, 1.165) is 44.5 Å². The van der Waals surface area contributed by atoms with Gasteiger partial charge in [0.25, 0.3) is 0 Å². The first-order valence-corrected chi connectivity index (χ1v) is 7.34. The lowest BCUT2D eigenvalue weighted by molar-refractivity contribution is 0.0556. The van der Waals surface area contributed by atoms with E-state index in [-0.39, 0.29) is 6.10 Å². The van der Waals surface area contributed by atoms with Crippen molar-refractivity contribution in [2.24, 2.45) is 0 Å². The highest BCUT2D eigenvalue weighted by Gasteiger charge is 2.28. The molecule has 0 radical (unpaired) electrons. The van der Waals surface area contributed by atoms with Crippen molar-refractivity contribution in [3.8, 4) is 5.75 Å². The van der Waals surface area contributed by atoms with Gasteiger partial charge < -0.3 is 9.84 Å². The van der Waals surface area contributed by atoms with E-state index in [9.17, 15) is 5.11 Å². The molecule has 3 heteroatoms. The molecular weight excluding hydrogens is 238 g/mol. The number of hydrogen-bond donors (Lipinski definition) is 1. The first-order valence-electron chi connectivity index (χ1n) is 7.34. The Morgan fingerprint density at radius 3 is 2.95 bits per heavy atom. The van der Waals surface area contributed by atoms with Crippen LogP contribution in [0.2, 0.25) is 0 Å². The molecule has 0 unspecified atom stereocenters. The third-order valence-corrected chi connectivity index (χ3v) is 4.59. The SMILES string of the molecule is COc1ccc2c(c1)CCN([C@H]1CCC[C@@H](O)C1)C2. The minimum atomic E-state index is -0.0870. The van der Waals surface area contributed by atoms with Crippen LogP contribution in [0.15, 0.2) is 18.2 Å². The average Bonchev–Trinajstić information content (AvgIpc) is 2.46. The van der Waals surface area contributed by atoms with Crippen molar-refractivity contribution in [3.63, 3.8) is 0 Å². The Kier molecular flexibility index (Phi) is 3.76. The molecule has 1 aromatic carbocycles. The van der Waals surface area contributed by atoms with Gasteiger partial charge in [0.15, 0.2) is 0 Å². The molecule has 1 N–H and O–H groups in total. The van der Waals surface area contributed by atoms with Gasteiger partial charge in [-0.25, -0.2) is 0 Å². The molecule has 104 valence electrons. The molecule has 1 fully saturated rings. The Bertz CT molecular complexity index is 446. The van der Waals surface area contributed by atoms with Gasteiger partial charge in [-0.05, 0) is 55.4 Å². The van der Waals surface area contributed by atoms with E-state index in [4.69, 9.17) is 4.74 Å². The van der Waals surface area contributed by atoms with E-state index in [1.54, 1.807) is 7.11 Å². The first-order chi connectivity index (χ1) is 9.26. The summed E-state index contributed by atoms with van der Waals surface area (Å²) < 4.78 is 5.29. The standard InChI is InChI=1S/C16H23NO2/c1-19-16-6-5-13-11-17(8-7-12(13)9-16)14-3-2-4-15(18)10-14/h5-6,9,14-15,18H,2-4,7-8,10-11H2,1H3/t14-,15+/m0/s1. The van der Waals surface area contributed by atoms with E-state index in [1.165, 1.54) is 17.5 Å². The summed E-state index contributed by atoms with van der Waals surface area (Å²) in [4.78, 5) is 2.55. The molecule has 2 atom stereocenters. The number of aliphatic hydroxyl groups excluding tert-OH is 1. The molecule has 1 heterocycles. The van der Waals surface area contributed by atoms with Crippen LogP contribution < -0.4 is 4.74 Å². The second-order valence-corrected chi connectivity index (χ2v) is 5.83. The van der Waals surface area contributed by atoms with Crippen molar-refractivity contribution in [1.82, 2.24) is 4.90 Å². The number of ether oxygens (including phenoxy) is 1. The topological polar surface area (TPSA) is 32.7 Å². The normalized spacial score (nSPS) is 27.9. The van der Waals surface area contributed by atoms with Gasteiger partial charge in [-0.1, -0.05) is 6.07 Å². The van der Waals surface area contributed by atoms with E-state index in [2.05, 4.69) is 23.1 Å². The number of hydrogen-bond acceptors (Lipinski definition) is 3. The van der Waals surface area contributed by atoms with Crippen LogP contribution in [0.4, 0.5) is 0 Å². The molecule has 1 aliphatic carbocycles. The van der Waals surface area contributed by atoms with E-state index >= 15 is 0 Å². The zero-order chi connectivity index (χ0) is 13.2. The maximum absolute atomic E-state index is 9.83. The van der Waals surface area contributed by atoms with Gasteiger partial charge in [-0.2, -0.15) is 0 Å². The van der Waals surface area contributed by atoms with Crippen LogP contribution in [-0.4, -0.2) is 35.8 Å². The van der Waals surface area contributed by atoms with Gasteiger partial charge in [0.05, 0.1) is 13.2 Å². The highest BCUT2D eigenvalue weighted by Crippen LogP contribution is 2.29. The molecule has 2 aliphatic rings. The second-order valence-electron chi connectivity index (χ2n) is 5.83. The number of aliphatic hydroxyl groups is 1. The van der Waals surface area contributed by atoms with Gasteiger partial charge >= 0.3 is 0 Å². The molecule has 0 aromatic heterocycles. The summed E-state index contributed by atoms with van der Waals surface area (Å²) in [6.07, 6.45) is 5.35. The highest BCUT2D eigenvalue weighted by atomic mass is 16.5. The highest BCUT2D eigenvalue weighted by molar-refractivity contribution is 5.37. The third kappa shape index (κ3) is 2.77. The Balaban J connectivity index is 1.71. The van der Waals surface area contributed by atoms with Crippen LogP contribution in [0.3, 0.4) is 0 Å². The Morgan fingerprint density at radius 2 is 2.16 bits per heavy atom. The van der Waals surface area contributed by atoms with Crippen molar-refractivity contribution in [2.75, 3.05) is 13.7 Å². The molecule has 1 aliphatic heterocycles. The second kappa shape index (κ2) is 5.51. The smallest absolute Gasteiger partial charge is 0.119 e. The van der Waals surface area contributed by atoms with E-state index in [1.807, 2.05) is 0 Å². The van der Waals surface area contributed by atoms with Gasteiger partial charge in [-0.3, -0.25) is 4.90 Å². The molecule has 1 aromatic rings. The summed E-state index contributed by atoms with van der Waals surface area (Å²) in [5.41, 5.74) is 2.85. The number of rotatable bonds is 2. The molecule has 19 heavy (non-hydrogen) atoms. The minimum absolute atomic E-state index is 0.0870. The molecule has 0 amide bonds. The van der Waals surface area contributed by atoms with Crippen molar-refractivity contribution in [2.45, 2.75) is 50.8 Å². The number of nitrogens with zero attached hydrogens (tertiary/aromatic N) is 1. The fraction of sp³-hybridized carbons (Fsp3) is 0.625. The monoisotopic (exact) mass is 261 g/mol. The Hall–Kier alpha value is -1.06. The molecule has 0 spiro atoms. The van der Waals surface area contributed by atoms with Crippen LogP contribution in [0.5, 0.6) is 5.75 Å². The Labute approximate surface area is 115 Å². The maximum atomic E-state index is 9.83. The lowest BCUT2D eigenvalue weighted by Gasteiger charge is -2.39. The van der Waals surface area contributed by atoms with E-state index < -0.39 is 0 Å². The van der Waals surface area contributed by atoms with Gasteiger partial charge in [-0.15, -0.1) is 0 Å². The van der Waals surface area contributed by atoms with Crippen molar-refractivity contribution < 1.29 is 9.84 Å². The largest absolute Gasteiger partial charge is 0.497 e. The summed E-state index contributed by atoms with van der Waals surface area (Å²) in [6, 6.07) is 6.99. The van der Waals surface area contributed by atoms with Gasteiger partial charge in [0.1, 0.15) is 5.75 Å². The molecule has 0 bridgehead atoms. The quantitative estimate of drug-likeness (QED) is 0.887. The molecular formula is C16H23NO2. The zero-order valence-electron chi connectivity index (χ0n) is 11.6. The Morgan fingerprint density at radius 1 is 1.26 bits per heavy atom. The average molecular weight is 261 g/mol. The molecule has 1 saturated carbocycles. The van der Waals surface area contributed by atoms with Gasteiger partial charge in [0.2, 0.25) is 0 Å². The zero-order valence-corrected chi connectivity index (χ0v) is 11.6. The molecule has 3 nitrogen and oxygen atoms in total. The maximum Gasteiger partial charge on any atom is 0.119 e. The van der Waals surface area contributed by atoms with Crippen molar-refractivity contribution in [3.05, 3.63) is 29.3 Å². The number of fused-ring (bicyclic) bond motifs is 1. The lowest BCUT2D eigenvalue weighted by atomic mass is 9.89. The van der Waals surface area contributed by atoms with Crippen LogP contribution >= 0.6 is 0 Å². The predicted molar refractivity (Wildman–Crippen MR) is 75.4 cm³/mol. The minimum Gasteiger partial charge on any atom is -0.497 e. The number of benzene rings is 1. The summed E-state index contributed by atoms with van der Waals surface area (Å²) in [6.45, 7) is 2.13.